The van der Waals surface area contributed by atoms with Crippen molar-refractivity contribution in [1.29, 1.82) is 0 Å². The molecular formula is C20H21N. The van der Waals surface area contributed by atoms with Gasteiger partial charge in [-0.1, -0.05) is 67.6 Å². The molecule has 3 rings (SSSR count). The van der Waals surface area contributed by atoms with Gasteiger partial charge < -0.3 is 4.90 Å². The molecule has 0 amide bonds. The number of allylic oxidation sites excluding steroid dienone is 2. The minimum absolute atomic E-state index is 0.327. The van der Waals surface area contributed by atoms with Gasteiger partial charge in [-0.3, -0.25) is 0 Å². The third-order valence-electron chi connectivity index (χ3n) is 4.13. The Labute approximate surface area is 127 Å². The first kappa shape index (κ1) is 13.7. The van der Waals surface area contributed by atoms with Crippen LogP contribution < -0.4 is 0 Å². The molecule has 21 heavy (non-hydrogen) atoms. The predicted octanol–water partition coefficient (Wildman–Crippen LogP) is 4.97. The van der Waals surface area contributed by atoms with Gasteiger partial charge in [-0.15, -0.1) is 0 Å². The Morgan fingerprint density at radius 2 is 1.76 bits per heavy atom. The number of rotatable bonds is 3. The predicted molar refractivity (Wildman–Crippen MR) is 90.0 cm³/mol. The second-order valence-corrected chi connectivity index (χ2v) is 5.43. The van der Waals surface area contributed by atoms with Gasteiger partial charge in [0.05, 0.1) is 6.04 Å². The van der Waals surface area contributed by atoms with Gasteiger partial charge in [0.1, 0.15) is 0 Å². The summed E-state index contributed by atoms with van der Waals surface area (Å²) in [4.78, 5) is 2.27. The molecule has 106 valence electrons. The molecule has 0 N–H and O–H groups in total. The third-order valence-corrected chi connectivity index (χ3v) is 4.13. The molecule has 1 heterocycles. The summed E-state index contributed by atoms with van der Waals surface area (Å²) in [6.07, 6.45) is 9.67. The normalized spacial score (nSPS) is 17.2. The molecule has 1 heteroatoms. The quantitative estimate of drug-likeness (QED) is 0.764. The van der Waals surface area contributed by atoms with Crippen LogP contribution in [0.1, 0.15) is 24.1 Å². The Balaban J connectivity index is 2.11. The maximum absolute atomic E-state index is 2.27. The van der Waals surface area contributed by atoms with E-state index in [0.717, 1.165) is 6.42 Å². The summed E-state index contributed by atoms with van der Waals surface area (Å²) in [5.41, 5.74) is 5.50. The molecule has 1 aliphatic heterocycles. The number of benzene rings is 2. The van der Waals surface area contributed by atoms with Gasteiger partial charge >= 0.3 is 0 Å². The molecule has 0 fully saturated rings. The molecule has 0 saturated heterocycles. The molecule has 2 aromatic carbocycles. The van der Waals surface area contributed by atoms with E-state index < -0.39 is 0 Å². The third kappa shape index (κ3) is 2.64. The highest BCUT2D eigenvalue weighted by atomic mass is 15.1. The number of hydrogen-bond acceptors (Lipinski definition) is 1. The van der Waals surface area contributed by atoms with Crippen LogP contribution in [-0.2, 0) is 6.42 Å². The summed E-state index contributed by atoms with van der Waals surface area (Å²) in [5, 5.41) is 0. The van der Waals surface area contributed by atoms with Crippen molar-refractivity contribution in [2.75, 3.05) is 7.05 Å². The fraction of sp³-hybridized carbons (Fsp3) is 0.200. The van der Waals surface area contributed by atoms with Gasteiger partial charge in [0.2, 0.25) is 0 Å². The van der Waals surface area contributed by atoms with Crippen LogP contribution in [0.3, 0.4) is 0 Å². The van der Waals surface area contributed by atoms with E-state index in [1.165, 1.54) is 22.3 Å². The maximum Gasteiger partial charge on any atom is 0.0723 e. The van der Waals surface area contributed by atoms with Crippen molar-refractivity contribution in [2.45, 2.75) is 19.4 Å². The second-order valence-electron chi connectivity index (χ2n) is 5.43. The summed E-state index contributed by atoms with van der Waals surface area (Å²) in [6.45, 7) is 2.24. The van der Waals surface area contributed by atoms with Crippen molar-refractivity contribution in [3.8, 4) is 11.1 Å². The van der Waals surface area contributed by atoms with Crippen molar-refractivity contribution < 1.29 is 0 Å². The lowest BCUT2D eigenvalue weighted by molar-refractivity contribution is 0.388. The smallest absolute Gasteiger partial charge is 0.0723 e. The van der Waals surface area contributed by atoms with Crippen LogP contribution in [0.5, 0.6) is 0 Å². The molecule has 1 nitrogen and oxygen atoms in total. The van der Waals surface area contributed by atoms with E-state index >= 15 is 0 Å². The van der Waals surface area contributed by atoms with Crippen LogP contribution in [0, 0.1) is 0 Å². The first-order chi connectivity index (χ1) is 10.3. The van der Waals surface area contributed by atoms with Crippen molar-refractivity contribution in [3.63, 3.8) is 0 Å². The van der Waals surface area contributed by atoms with E-state index in [9.17, 15) is 0 Å². The van der Waals surface area contributed by atoms with Gasteiger partial charge in [-0.2, -0.15) is 0 Å². The zero-order chi connectivity index (χ0) is 14.7. The Kier molecular flexibility index (Phi) is 3.92. The summed E-state index contributed by atoms with van der Waals surface area (Å²) >= 11 is 0. The summed E-state index contributed by atoms with van der Waals surface area (Å²) in [5.74, 6) is 0. The van der Waals surface area contributed by atoms with Crippen LogP contribution in [-0.4, -0.2) is 11.9 Å². The molecule has 0 bridgehead atoms. The van der Waals surface area contributed by atoms with Gasteiger partial charge in [0.15, 0.2) is 0 Å². The van der Waals surface area contributed by atoms with Gasteiger partial charge in [0, 0.05) is 7.05 Å². The second kappa shape index (κ2) is 6.01. The minimum atomic E-state index is 0.327. The Morgan fingerprint density at radius 3 is 2.48 bits per heavy atom. The molecule has 1 aliphatic rings. The number of hydrogen-bond donors (Lipinski definition) is 0. The SMILES string of the molecule is CCc1c(-c2ccccc2)cccc1C1C=CC=CN1C. The number of nitrogens with zero attached hydrogens (tertiary/aromatic N) is 1. The fourth-order valence-corrected chi connectivity index (χ4v) is 3.07. The van der Waals surface area contributed by atoms with Crippen molar-refractivity contribution in [3.05, 3.63) is 84.1 Å². The highest BCUT2D eigenvalue weighted by Crippen LogP contribution is 2.33. The van der Waals surface area contributed by atoms with Gasteiger partial charge in [-0.25, -0.2) is 0 Å². The van der Waals surface area contributed by atoms with Crippen molar-refractivity contribution in [1.82, 2.24) is 4.90 Å². The maximum atomic E-state index is 2.27. The van der Waals surface area contributed by atoms with Crippen LogP contribution in [0.4, 0.5) is 0 Å². The standard InChI is InChI=1S/C20H21N/c1-3-17-18(16-10-5-4-6-11-16)12-9-13-19(17)20-14-7-8-15-21(20)2/h4-15,20H,3H2,1-2H3. The molecule has 0 aliphatic carbocycles. The average Bonchev–Trinajstić information content (AvgIpc) is 2.55. The van der Waals surface area contributed by atoms with Crippen LogP contribution in [0.15, 0.2) is 73.0 Å². The zero-order valence-corrected chi connectivity index (χ0v) is 12.7. The van der Waals surface area contributed by atoms with E-state index in [2.05, 4.69) is 91.8 Å². The molecule has 1 atom stereocenters. The molecule has 0 aromatic heterocycles. The van der Waals surface area contributed by atoms with E-state index in [-0.39, 0.29) is 0 Å². The first-order valence-corrected chi connectivity index (χ1v) is 7.55. The largest absolute Gasteiger partial charge is 0.370 e. The number of likely N-dealkylation sites (N-methyl/N-ethyl adjacent to an activating group) is 1. The molecule has 1 unspecified atom stereocenters. The van der Waals surface area contributed by atoms with Crippen molar-refractivity contribution in [2.24, 2.45) is 0 Å². The molecule has 0 radical (unpaired) electrons. The van der Waals surface area contributed by atoms with Crippen LogP contribution in [0.2, 0.25) is 0 Å². The van der Waals surface area contributed by atoms with Crippen LogP contribution in [0.25, 0.3) is 11.1 Å². The van der Waals surface area contributed by atoms with Gasteiger partial charge in [-0.05, 0) is 41.0 Å². The van der Waals surface area contributed by atoms with Crippen LogP contribution >= 0.6 is 0 Å². The molecule has 0 spiro atoms. The average molecular weight is 275 g/mol. The Bertz CT molecular complexity index is 667. The Hall–Kier alpha value is -2.28. The Morgan fingerprint density at radius 1 is 0.952 bits per heavy atom. The van der Waals surface area contributed by atoms with Crippen molar-refractivity contribution >= 4 is 0 Å². The highest BCUT2D eigenvalue weighted by Gasteiger charge is 2.18. The van der Waals surface area contributed by atoms with E-state index in [1.54, 1.807) is 0 Å². The molecular weight excluding hydrogens is 254 g/mol. The lowest BCUT2D eigenvalue weighted by atomic mass is 9.89. The summed E-state index contributed by atoms with van der Waals surface area (Å²) in [6, 6.07) is 17.7. The van der Waals surface area contributed by atoms with E-state index in [1.807, 2.05) is 0 Å². The summed E-state index contributed by atoms with van der Waals surface area (Å²) < 4.78 is 0. The van der Waals surface area contributed by atoms with E-state index in [4.69, 9.17) is 0 Å². The highest BCUT2D eigenvalue weighted by molar-refractivity contribution is 5.69. The zero-order valence-electron chi connectivity index (χ0n) is 12.7. The lowest BCUT2D eigenvalue weighted by Gasteiger charge is -2.29. The van der Waals surface area contributed by atoms with Gasteiger partial charge in [0.25, 0.3) is 0 Å². The van der Waals surface area contributed by atoms with E-state index in [0.29, 0.717) is 6.04 Å². The molecule has 2 aromatic rings. The minimum Gasteiger partial charge on any atom is -0.370 e. The molecule has 0 saturated carbocycles. The first-order valence-electron chi connectivity index (χ1n) is 7.55. The lowest BCUT2D eigenvalue weighted by Crippen LogP contribution is -2.20. The fourth-order valence-electron chi connectivity index (χ4n) is 3.07. The topological polar surface area (TPSA) is 3.24 Å². The summed E-state index contributed by atoms with van der Waals surface area (Å²) in [7, 11) is 2.14. The monoisotopic (exact) mass is 275 g/mol.